The zero-order valence-corrected chi connectivity index (χ0v) is 11.6. The molecule has 0 unspecified atom stereocenters. The van der Waals surface area contributed by atoms with E-state index >= 15 is 0 Å². The van der Waals surface area contributed by atoms with Crippen LogP contribution in [0.3, 0.4) is 0 Å². The molecule has 0 aromatic heterocycles. The fourth-order valence-electron chi connectivity index (χ4n) is 2.45. The van der Waals surface area contributed by atoms with E-state index in [1.54, 1.807) is 0 Å². The molecule has 0 N–H and O–H groups in total. The van der Waals surface area contributed by atoms with E-state index in [1.807, 2.05) is 0 Å². The Hall–Kier alpha value is -0.260. The van der Waals surface area contributed by atoms with E-state index in [4.69, 9.17) is 0 Å². The maximum absolute atomic E-state index is 3.57. The molecular formula is C17H30. The molecule has 0 aromatic rings. The van der Waals surface area contributed by atoms with Crippen LogP contribution in [0.2, 0.25) is 0 Å². The van der Waals surface area contributed by atoms with Crippen LogP contribution in [-0.2, 0) is 0 Å². The number of hydrogen-bond donors (Lipinski definition) is 0. The van der Waals surface area contributed by atoms with Crippen molar-refractivity contribution in [3.63, 3.8) is 0 Å². The Bertz CT molecular complexity index is 151. The van der Waals surface area contributed by atoms with Crippen molar-refractivity contribution in [1.82, 2.24) is 0 Å². The predicted octanol–water partition coefficient (Wildman–Crippen LogP) is 6.10. The Balaban J connectivity index is 2.07. The largest absolute Gasteiger partial charge is 0.0885 e. The summed E-state index contributed by atoms with van der Waals surface area (Å²) in [5.41, 5.74) is 0. The molecule has 0 nitrogen and oxygen atoms in total. The summed E-state index contributed by atoms with van der Waals surface area (Å²) in [6, 6.07) is 0. The smallest absolute Gasteiger partial charge is 0.0173 e. The molecule has 98 valence electrons. The lowest BCUT2D eigenvalue weighted by Crippen LogP contribution is -1.83. The van der Waals surface area contributed by atoms with Crippen molar-refractivity contribution < 1.29 is 0 Å². The van der Waals surface area contributed by atoms with E-state index in [2.05, 4.69) is 18.6 Å². The van der Waals surface area contributed by atoms with Gasteiger partial charge in [-0.2, -0.15) is 0 Å². The zero-order valence-electron chi connectivity index (χ0n) is 11.6. The first-order valence-corrected chi connectivity index (χ1v) is 7.86. The highest BCUT2D eigenvalue weighted by atomic mass is 14.0. The molecule has 0 atom stereocenters. The lowest BCUT2D eigenvalue weighted by Gasteiger charge is -2.01. The van der Waals surface area contributed by atoms with Crippen molar-refractivity contribution in [1.29, 1.82) is 0 Å². The first-order chi connectivity index (χ1) is 8.50. The van der Waals surface area contributed by atoms with Crippen LogP contribution in [0.1, 0.15) is 89.9 Å². The summed E-state index contributed by atoms with van der Waals surface area (Å²) in [7, 11) is 0. The van der Waals surface area contributed by atoms with Gasteiger partial charge in [0.15, 0.2) is 0 Å². The Kier molecular flexibility index (Phi) is 10.6. The molecule has 0 bridgehead atoms. The van der Waals surface area contributed by atoms with Crippen LogP contribution in [-0.4, -0.2) is 0 Å². The van der Waals surface area contributed by atoms with Gasteiger partial charge in [-0.25, -0.2) is 0 Å². The molecule has 2 radical (unpaired) electrons. The van der Waals surface area contributed by atoms with Crippen molar-refractivity contribution in [2.75, 3.05) is 0 Å². The van der Waals surface area contributed by atoms with Gasteiger partial charge in [-0.3, -0.25) is 0 Å². The van der Waals surface area contributed by atoms with E-state index in [9.17, 15) is 0 Å². The summed E-state index contributed by atoms with van der Waals surface area (Å²) in [6.07, 6.45) is 27.5. The Morgan fingerprint density at radius 1 is 0.471 bits per heavy atom. The third kappa shape index (κ3) is 10.6. The summed E-state index contributed by atoms with van der Waals surface area (Å²) < 4.78 is 0. The van der Waals surface area contributed by atoms with E-state index in [-0.39, 0.29) is 0 Å². The summed E-state index contributed by atoms with van der Waals surface area (Å²) in [4.78, 5) is 0. The molecule has 1 aliphatic carbocycles. The molecule has 0 amide bonds. The van der Waals surface area contributed by atoms with Gasteiger partial charge in [0.2, 0.25) is 0 Å². The molecule has 1 rings (SSSR count). The Labute approximate surface area is 109 Å². The summed E-state index contributed by atoms with van der Waals surface area (Å²) >= 11 is 0. The minimum atomic E-state index is 1.24. The minimum absolute atomic E-state index is 1.24. The van der Waals surface area contributed by atoms with Crippen LogP contribution in [0.15, 0.2) is 12.2 Å². The molecule has 0 heteroatoms. The summed E-state index contributed by atoms with van der Waals surface area (Å²) in [6.45, 7) is 0. The van der Waals surface area contributed by atoms with Gasteiger partial charge in [0.1, 0.15) is 0 Å². The van der Waals surface area contributed by atoms with E-state index in [0.717, 1.165) is 0 Å². The maximum atomic E-state index is 3.57. The van der Waals surface area contributed by atoms with Gasteiger partial charge in [0.25, 0.3) is 0 Å². The summed E-state index contributed by atoms with van der Waals surface area (Å²) in [5, 5.41) is 0. The second kappa shape index (κ2) is 12.2. The first-order valence-electron chi connectivity index (χ1n) is 7.86. The first kappa shape index (κ1) is 14.8. The normalized spacial score (nSPS) is 24.9. The van der Waals surface area contributed by atoms with E-state index in [1.165, 1.54) is 89.9 Å². The highest BCUT2D eigenvalue weighted by Gasteiger charge is 1.95. The number of allylic oxidation sites excluding steroid dienone is 2. The average molecular weight is 234 g/mol. The molecule has 0 spiro atoms. The molecule has 17 heavy (non-hydrogen) atoms. The minimum Gasteiger partial charge on any atom is -0.0885 e. The number of rotatable bonds is 0. The van der Waals surface area contributed by atoms with Crippen molar-refractivity contribution >= 4 is 0 Å². The SMILES string of the molecule is [C]1CCCCCCC/C=C\CCCCCCC1. The van der Waals surface area contributed by atoms with Crippen LogP contribution in [0.5, 0.6) is 0 Å². The van der Waals surface area contributed by atoms with Crippen LogP contribution < -0.4 is 0 Å². The fraction of sp³-hybridized carbons (Fsp3) is 0.824. The van der Waals surface area contributed by atoms with Crippen molar-refractivity contribution in [2.24, 2.45) is 0 Å². The molecule has 1 aliphatic rings. The van der Waals surface area contributed by atoms with E-state index < -0.39 is 0 Å². The third-order valence-electron chi connectivity index (χ3n) is 3.62. The monoisotopic (exact) mass is 234 g/mol. The van der Waals surface area contributed by atoms with Crippen molar-refractivity contribution in [3.8, 4) is 0 Å². The highest BCUT2D eigenvalue weighted by Crippen LogP contribution is 2.13. The van der Waals surface area contributed by atoms with Crippen LogP contribution in [0.25, 0.3) is 0 Å². The standard InChI is InChI=1S/C17H30/c1-2-4-6-8-10-12-14-16-17-15-13-11-9-7-5-3-1/h1-2H,3-16H2/b2-1-. The Morgan fingerprint density at radius 3 is 1.41 bits per heavy atom. The van der Waals surface area contributed by atoms with Gasteiger partial charge in [0, 0.05) is 0 Å². The Morgan fingerprint density at radius 2 is 0.882 bits per heavy atom. The molecular weight excluding hydrogens is 204 g/mol. The van der Waals surface area contributed by atoms with Gasteiger partial charge < -0.3 is 0 Å². The lowest BCUT2D eigenvalue weighted by molar-refractivity contribution is 0.591. The van der Waals surface area contributed by atoms with Crippen LogP contribution in [0, 0.1) is 6.42 Å². The summed E-state index contributed by atoms with van der Waals surface area (Å²) in [5.74, 6) is 0. The molecule has 0 saturated heterocycles. The average Bonchev–Trinajstić information content (AvgIpc) is 2.35. The topological polar surface area (TPSA) is 0 Å². The fourth-order valence-corrected chi connectivity index (χ4v) is 2.45. The molecule has 0 aromatic carbocycles. The number of hydrogen-bond acceptors (Lipinski definition) is 0. The molecule has 0 heterocycles. The van der Waals surface area contributed by atoms with Crippen LogP contribution >= 0.6 is 0 Å². The van der Waals surface area contributed by atoms with Gasteiger partial charge in [-0.15, -0.1) is 0 Å². The van der Waals surface area contributed by atoms with Gasteiger partial charge >= 0.3 is 0 Å². The van der Waals surface area contributed by atoms with Gasteiger partial charge in [0.05, 0.1) is 0 Å². The molecule has 0 aliphatic heterocycles. The maximum Gasteiger partial charge on any atom is -0.0173 e. The van der Waals surface area contributed by atoms with Crippen LogP contribution in [0.4, 0.5) is 0 Å². The highest BCUT2D eigenvalue weighted by molar-refractivity contribution is 4.81. The third-order valence-corrected chi connectivity index (χ3v) is 3.62. The zero-order chi connectivity index (χ0) is 12.0. The van der Waals surface area contributed by atoms with Crippen molar-refractivity contribution in [3.05, 3.63) is 18.6 Å². The quantitative estimate of drug-likeness (QED) is 0.444. The second-order valence-electron chi connectivity index (χ2n) is 5.33. The van der Waals surface area contributed by atoms with Gasteiger partial charge in [-0.05, 0) is 44.9 Å². The lowest BCUT2D eigenvalue weighted by atomic mass is 10.0. The molecule has 0 saturated carbocycles. The van der Waals surface area contributed by atoms with E-state index in [0.29, 0.717) is 0 Å². The molecule has 0 fully saturated rings. The predicted molar refractivity (Wildman–Crippen MR) is 77.0 cm³/mol. The second-order valence-corrected chi connectivity index (χ2v) is 5.33. The van der Waals surface area contributed by atoms with Gasteiger partial charge in [-0.1, -0.05) is 63.5 Å². The van der Waals surface area contributed by atoms with Crippen molar-refractivity contribution in [2.45, 2.75) is 89.9 Å².